The van der Waals surface area contributed by atoms with Crippen molar-refractivity contribution in [3.63, 3.8) is 0 Å². The Morgan fingerprint density at radius 2 is 2.12 bits per heavy atom. The second-order valence-electron chi connectivity index (χ2n) is 5.88. The smallest absolute Gasteiger partial charge is 0.202 e. The first-order chi connectivity index (χ1) is 7.47. The van der Waals surface area contributed by atoms with E-state index in [2.05, 4.69) is 42.4 Å². The molecule has 1 saturated carbocycles. The summed E-state index contributed by atoms with van der Waals surface area (Å²) in [5.41, 5.74) is 0.344. The highest BCUT2D eigenvalue weighted by molar-refractivity contribution is 7.09. The Hall–Kier alpha value is -0.640. The van der Waals surface area contributed by atoms with Gasteiger partial charge in [0.25, 0.3) is 0 Å². The van der Waals surface area contributed by atoms with E-state index >= 15 is 0 Å². The third-order valence-corrected chi connectivity index (χ3v) is 4.11. The van der Waals surface area contributed by atoms with Crippen molar-refractivity contribution >= 4 is 16.7 Å². The van der Waals surface area contributed by atoms with Crippen LogP contribution in [-0.2, 0) is 0 Å². The lowest BCUT2D eigenvalue weighted by atomic mass is 9.82. The van der Waals surface area contributed by atoms with Crippen LogP contribution in [0.5, 0.6) is 0 Å². The number of anilines is 1. The molecule has 1 heterocycles. The summed E-state index contributed by atoms with van der Waals surface area (Å²) in [7, 11) is 0. The molecule has 1 fully saturated rings. The third kappa shape index (κ3) is 2.94. The maximum absolute atomic E-state index is 4.52. The van der Waals surface area contributed by atoms with Crippen molar-refractivity contribution in [3.8, 4) is 0 Å². The topological polar surface area (TPSA) is 37.8 Å². The van der Waals surface area contributed by atoms with Crippen molar-refractivity contribution in [1.29, 1.82) is 0 Å². The van der Waals surface area contributed by atoms with Gasteiger partial charge in [-0.3, -0.25) is 0 Å². The minimum Gasteiger partial charge on any atom is -0.360 e. The van der Waals surface area contributed by atoms with Gasteiger partial charge in [0.15, 0.2) is 0 Å². The van der Waals surface area contributed by atoms with E-state index in [1.807, 2.05) is 0 Å². The molecule has 16 heavy (non-hydrogen) atoms. The SMILES string of the molecule is CC(CNc1nc(C2CC2)ns1)C(C)(C)C. The standard InChI is InChI=1S/C12H21N3S/c1-8(12(2,3)4)7-13-11-14-10(15-16-11)9-5-6-9/h8-9H,5-7H2,1-4H3,(H,13,14,15). The second-order valence-corrected chi connectivity index (χ2v) is 6.63. The lowest BCUT2D eigenvalue weighted by Crippen LogP contribution is -2.24. The predicted molar refractivity (Wildman–Crippen MR) is 69.0 cm³/mol. The largest absolute Gasteiger partial charge is 0.360 e. The van der Waals surface area contributed by atoms with E-state index in [1.165, 1.54) is 24.4 Å². The van der Waals surface area contributed by atoms with Crippen LogP contribution in [0.25, 0.3) is 0 Å². The molecule has 4 heteroatoms. The first kappa shape index (κ1) is 11.8. The Morgan fingerprint density at radius 3 is 2.69 bits per heavy atom. The molecule has 1 aliphatic rings. The van der Waals surface area contributed by atoms with Crippen molar-refractivity contribution in [2.75, 3.05) is 11.9 Å². The quantitative estimate of drug-likeness (QED) is 0.873. The fourth-order valence-electron chi connectivity index (χ4n) is 1.36. The summed E-state index contributed by atoms with van der Waals surface area (Å²) >= 11 is 1.50. The first-order valence-corrected chi connectivity index (χ1v) is 6.81. The molecule has 90 valence electrons. The van der Waals surface area contributed by atoms with Crippen LogP contribution in [-0.4, -0.2) is 15.9 Å². The molecule has 0 amide bonds. The van der Waals surface area contributed by atoms with Crippen LogP contribution in [0, 0.1) is 11.3 Å². The summed E-state index contributed by atoms with van der Waals surface area (Å²) < 4.78 is 4.39. The monoisotopic (exact) mass is 239 g/mol. The maximum atomic E-state index is 4.52. The zero-order valence-electron chi connectivity index (χ0n) is 10.6. The Balaban J connectivity index is 1.84. The van der Waals surface area contributed by atoms with Crippen LogP contribution in [0.1, 0.15) is 52.3 Å². The van der Waals surface area contributed by atoms with Crippen LogP contribution in [0.15, 0.2) is 0 Å². The van der Waals surface area contributed by atoms with Gasteiger partial charge < -0.3 is 5.32 Å². The number of rotatable bonds is 4. The van der Waals surface area contributed by atoms with Crippen molar-refractivity contribution in [2.24, 2.45) is 11.3 Å². The van der Waals surface area contributed by atoms with Gasteiger partial charge in [-0.05, 0) is 24.2 Å². The maximum Gasteiger partial charge on any atom is 0.202 e. The molecule has 0 aromatic carbocycles. The zero-order chi connectivity index (χ0) is 11.8. The first-order valence-electron chi connectivity index (χ1n) is 6.04. The Morgan fingerprint density at radius 1 is 1.44 bits per heavy atom. The highest BCUT2D eigenvalue weighted by atomic mass is 32.1. The van der Waals surface area contributed by atoms with Crippen LogP contribution >= 0.6 is 11.5 Å². The molecular formula is C12H21N3S. The molecule has 1 unspecified atom stereocenters. The fourth-order valence-corrected chi connectivity index (χ4v) is 2.01. The molecule has 2 rings (SSSR count). The molecular weight excluding hydrogens is 218 g/mol. The van der Waals surface area contributed by atoms with E-state index in [9.17, 15) is 0 Å². The molecule has 3 nitrogen and oxygen atoms in total. The lowest BCUT2D eigenvalue weighted by Gasteiger charge is -2.27. The molecule has 0 saturated heterocycles. The van der Waals surface area contributed by atoms with E-state index in [-0.39, 0.29) is 0 Å². The van der Waals surface area contributed by atoms with Gasteiger partial charge in [0.05, 0.1) is 0 Å². The molecule has 0 radical (unpaired) electrons. The van der Waals surface area contributed by atoms with Gasteiger partial charge in [-0.15, -0.1) is 0 Å². The number of hydrogen-bond acceptors (Lipinski definition) is 4. The Bertz CT molecular complexity index is 349. The summed E-state index contributed by atoms with van der Waals surface area (Å²) in [6.07, 6.45) is 2.54. The molecule has 1 N–H and O–H groups in total. The zero-order valence-corrected chi connectivity index (χ0v) is 11.4. The fraction of sp³-hybridized carbons (Fsp3) is 0.833. The molecule has 0 bridgehead atoms. The molecule has 1 aromatic rings. The van der Waals surface area contributed by atoms with Crippen LogP contribution in [0.3, 0.4) is 0 Å². The van der Waals surface area contributed by atoms with E-state index in [4.69, 9.17) is 0 Å². The average molecular weight is 239 g/mol. The average Bonchev–Trinajstić information content (AvgIpc) is 2.94. The Kier molecular flexibility index (Phi) is 3.19. The Labute approximate surface area is 102 Å². The summed E-state index contributed by atoms with van der Waals surface area (Å²) in [5, 5.41) is 4.38. The van der Waals surface area contributed by atoms with Crippen LogP contribution in [0.2, 0.25) is 0 Å². The molecule has 1 aliphatic carbocycles. The number of nitrogens with one attached hydrogen (secondary N) is 1. The van der Waals surface area contributed by atoms with Crippen LogP contribution in [0.4, 0.5) is 5.13 Å². The second kappa shape index (κ2) is 4.32. The van der Waals surface area contributed by atoms with E-state index in [0.717, 1.165) is 17.5 Å². The van der Waals surface area contributed by atoms with Gasteiger partial charge in [-0.25, -0.2) is 4.98 Å². The minimum absolute atomic E-state index is 0.344. The summed E-state index contributed by atoms with van der Waals surface area (Å²) in [6.45, 7) is 10.1. The predicted octanol–water partition coefficient (Wildman–Crippen LogP) is 3.51. The van der Waals surface area contributed by atoms with Gasteiger partial charge in [-0.2, -0.15) is 4.37 Å². The molecule has 0 spiro atoms. The van der Waals surface area contributed by atoms with Gasteiger partial charge in [0.2, 0.25) is 5.13 Å². The minimum atomic E-state index is 0.344. The van der Waals surface area contributed by atoms with E-state index in [0.29, 0.717) is 17.3 Å². The molecule has 0 aliphatic heterocycles. The van der Waals surface area contributed by atoms with Crippen molar-refractivity contribution in [1.82, 2.24) is 9.36 Å². The van der Waals surface area contributed by atoms with E-state index in [1.54, 1.807) is 0 Å². The molecule has 1 atom stereocenters. The molecule has 1 aromatic heterocycles. The number of aromatic nitrogens is 2. The van der Waals surface area contributed by atoms with Gasteiger partial charge in [0, 0.05) is 24.0 Å². The highest BCUT2D eigenvalue weighted by Crippen LogP contribution is 2.39. The van der Waals surface area contributed by atoms with Gasteiger partial charge in [0.1, 0.15) is 5.82 Å². The summed E-state index contributed by atoms with van der Waals surface area (Å²) in [5.74, 6) is 2.34. The van der Waals surface area contributed by atoms with Crippen molar-refractivity contribution in [3.05, 3.63) is 5.82 Å². The normalized spacial score (nSPS) is 18.5. The van der Waals surface area contributed by atoms with Crippen molar-refractivity contribution < 1.29 is 0 Å². The highest BCUT2D eigenvalue weighted by Gasteiger charge is 2.28. The lowest BCUT2D eigenvalue weighted by molar-refractivity contribution is 0.274. The van der Waals surface area contributed by atoms with Crippen molar-refractivity contribution in [2.45, 2.75) is 46.5 Å². The van der Waals surface area contributed by atoms with Crippen LogP contribution < -0.4 is 5.32 Å². The summed E-state index contributed by atoms with van der Waals surface area (Å²) in [6, 6.07) is 0. The van der Waals surface area contributed by atoms with Gasteiger partial charge >= 0.3 is 0 Å². The summed E-state index contributed by atoms with van der Waals surface area (Å²) in [4.78, 5) is 4.52. The van der Waals surface area contributed by atoms with Gasteiger partial charge in [-0.1, -0.05) is 27.7 Å². The number of nitrogens with zero attached hydrogens (tertiary/aromatic N) is 2. The van der Waals surface area contributed by atoms with E-state index < -0.39 is 0 Å². The third-order valence-electron chi connectivity index (χ3n) is 3.42. The number of hydrogen-bond donors (Lipinski definition) is 1.